The molecule has 0 spiro atoms. The van der Waals surface area contributed by atoms with Gasteiger partial charge in [-0.05, 0) is 46.2 Å². The molecule has 3 nitrogen and oxygen atoms in total. The van der Waals surface area contributed by atoms with E-state index in [1.807, 2.05) is 11.8 Å². The van der Waals surface area contributed by atoms with E-state index in [-0.39, 0.29) is 5.54 Å². The Labute approximate surface area is 120 Å². The van der Waals surface area contributed by atoms with E-state index in [0.29, 0.717) is 11.4 Å². The fourth-order valence-corrected chi connectivity index (χ4v) is 3.21. The zero-order valence-corrected chi connectivity index (χ0v) is 13.2. The summed E-state index contributed by atoms with van der Waals surface area (Å²) in [6.07, 6.45) is 1.53. The van der Waals surface area contributed by atoms with Crippen LogP contribution in [-0.4, -0.2) is 23.5 Å². The van der Waals surface area contributed by atoms with Crippen molar-refractivity contribution in [3.05, 3.63) is 23.7 Å². The third-order valence-corrected chi connectivity index (χ3v) is 4.75. The van der Waals surface area contributed by atoms with Crippen molar-refractivity contribution in [2.45, 2.75) is 63.3 Å². The molecule has 4 heteroatoms. The first-order valence-electron chi connectivity index (χ1n) is 7.00. The Balaban J connectivity index is 1.77. The Morgan fingerprint density at radius 2 is 2.05 bits per heavy atom. The van der Waals surface area contributed by atoms with Crippen molar-refractivity contribution in [3.63, 3.8) is 0 Å². The lowest BCUT2D eigenvalue weighted by atomic mass is 10.1. The highest BCUT2D eigenvalue weighted by Crippen LogP contribution is 2.29. The van der Waals surface area contributed by atoms with E-state index >= 15 is 0 Å². The summed E-state index contributed by atoms with van der Waals surface area (Å²) >= 11 is 1.94. The first-order valence-corrected chi connectivity index (χ1v) is 8.05. The SMILES string of the molecule is CC1OCCC1SCc1ccc(CNC(C)(C)C)o1. The van der Waals surface area contributed by atoms with Crippen molar-refractivity contribution >= 4 is 11.8 Å². The minimum Gasteiger partial charge on any atom is -0.464 e. The summed E-state index contributed by atoms with van der Waals surface area (Å²) in [5.41, 5.74) is 0.123. The molecule has 108 valence electrons. The summed E-state index contributed by atoms with van der Waals surface area (Å²) in [4.78, 5) is 0. The van der Waals surface area contributed by atoms with Crippen molar-refractivity contribution in [2.24, 2.45) is 0 Å². The number of hydrogen-bond acceptors (Lipinski definition) is 4. The monoisotopic (exact) mass is 283 g/mol. The molecule has 0 amide bonds. The lowest BCUT2D eigenvalue weighted by Gasteiger charge is -2.19. The van der Waals surface area contributed by atoms with E-state index in [0.717, 1.165) is 36.8 Å². The van der Waals surface area contributed by atoms with Crippen LogP contribution in [0.25, 0.3) is 0 Å². The van der Waals surface area contributed by atoms with Gasteiger partial charge in [0, 0.05) is 17.4 Å². The summed E-state index contributed by atoms with van der Waals surface area (Å²) in [5, 5.41) is 4.05. The quantitative estimate of drug-likeness (QED) is 0.895. The van der Waals surface area contributed by atoms with Gasteiger partial charge in [0.1, 0.15) is 11.5 Å². The molecule has 1 fully saturated rings. The largest absolute Gasteiger partial charge is 0.464 e. The second-order valence-electron chi connectivity index (χ2n) is 6.19. The molecule has 1 saturated heterocycles. The van der Waals surface area contributed by atoms with Gasteiger partial charge in [-0.2, -0.15) is 0 Å². The minimum absolute atomic E-state index is 0.123. The van der Waals surface area contributed by atoms with E-state index in [4.69, 9.17) is 9.15 Å². The molecule has 0 bridgehead atoms. The molecule has 1 aliphatic heterocycles. The van der Waals surface area contributed by atoms with Crippen LogP contribution < -0.4 is 5.32 Å². The molecule has 0 saturated carbocycles. The van der Waals surface area contributed by atoms with Crippen LogP contribution in [0.1, 0.15) is 45.6 Å². The summed E-state index contributed by atoms with van der Waals surface area (Å²) in [6.45, 7) is 10.3. The lowest BCUT2D eigenvalue weighted by molar-refractivity contribution is 0.127. The van der Waals surface area contributed by atoms with E-state index in [9.17, 15) is 0 Å². The smallest absolute Gasteiger partial charge is 0.118 e. The average Bonchev–Trinajstić information content (AvgIpc) is 2.92. The van der Waals surface area contributed by atoms with Crippen molar-refractivity contribution in [2.75, 3.05) is 6.61 Å². The average molecular weight is 283 g/mol. The maximum Gasteiger partial charge on any atom is 0.118 e. The molecule has 2 atom stereocenters. The summed E-state index contributed by atoms with van der Waals surface area (Å²) in [5.74, 6) is 3.02. The van der Waals surface area contributed by atoms with Gasteiger partial charge in [0.15, 0.2) is 0 Å². The zero-order chi connectivity index (χ0) is 13.9. The maximum atomic E-state index is 5.85. The highest BCUT2D eigenvalue weighted by molar-refractivity contribution is 7.99. The number of nitrogens with one attached hydrogen (secondary N) is 1. The third-order valence-electron chi connectivity index (χ3n) is 3.26. The van der Waals surface area contributed by atoms with Gasteiger partial charge in [0.2, 0.25) is 0 Å². The number of furan rings is 1. The number of ether oxygens (including phenoxy) is 1. The van der Waals surface area contributed by atoms with Crippen LogP contribution in [0.15, 0.2) is 16.5 Å². The highest BCUT2D eigenvalue weighted by Gasteiger charge is 2.24. The predicted octanol–water partition coefficient (Wildman–Crippen LogP) is 3.58. The van der Waals surface area contributed by atoms with Gasteiger partial charge in [0.05, 0.1) is 18.4 Å². The van der Waals surface area contributed by atoms with E-state index in [1.54, 1.807) is 0 Å². The Morgan fingerprint density at radius 1 is 1.32 bits per heavy atom. The molecule has 0 radical (unpaired) electrons. The molecule has 19 heavy (non-hydrogen) atoms. The highest BCUT2D eigenvalue weighted by atomic mass is 32.2. The van der Waals surface area contributed by atoms with Crippen molar-refractivity contribution in [1.29, 1.82) is 0 Å². The molecule has 1 aromatic rings. The van der Waals surface area contributed by atoms with Crippen molar-refractivity contribution < 1.29 is 9.15 Å². The van der Waals surface area contributed by atoms with E-state index in [2.05, 4.69) is 45.1 Å². The van der Waals surface area contributed by atoms with Crippen LogP contribution in [-0.2, 0) is 17.0 Å². The van der Waals surface area contributed by atoms with E-state index in [1.165, 1.54) is 0 Å². The van der Waals surface area contributed by atoms with E-state index < -0.39 is 0 Å². The van der Waals surface area contributed by atoms with Crippen LogP contribution in [0, 0.1) is 0 Å². The molecule has 2 rings (SSSR count). The molecule has 2 unspecified atom stereocenters. The zero-order valence-electron chi connectivity index (χ0n) is 12.4. The van der Waals surface area contributed by atoms with Crippen molar-refractivity contribution in [3.8, 4) is 0 Å². The fraction of sp³-hybridized carbons (Fsp3) is 0.733. The van der Waals surface area contributed by atoms with Gasteiger partial charge in [-0.15, -0.1) is 11.8 Å². The Hall–Kier alpha value is -0.450. The molecule has 0 aromatic carbocycles. The van der Waals surface area contributed by atoms with Gasteiger partial charge in [-0.3, -0.25) is 0 Å². The van der Waals surface area contributed by atoms with Gasteiger partial charge >= 0.3 is 0 Å². The molecule has 1 aromatic heterocycles. The molecule has 2 heterocycles. The Morgan fingerprint density at radius 3 is 2.68 bits per heavy atom. The third kappa shape index (κ3) is 4.86. The molecule has 1 aliphatic rings. The first kappa shape index (κ1) is 14.9. The van der Waals surface area contributed by atoms with Crippen LogP contribution in [0.2, 0.25) is 0 Å². The van der Waals surface area contributed by atoms with Crippen LogP contribution in [0.5, 0.6) is 0 Å². The normalized spacial score (nSPS) is 24.0. The molecule has 0 aliphatic carbocycles. The van der Waals surface area contributed by atoms with Crippen LogP contribution in [0.4, 0.5) is 0 Å². The van der Waals surface area contributed by atoms with Crippen molar-refractivity contribution in [1.82, 2.24) is 5.32 Å². The first-order chi connectivity index (χ1) is 8.94. The van der Waals surface area contributed by atoms with Gasteiger partial charge in [-0.25, -0.2) is 0 Å². The number of thioether (sulfide) groups is 1. The fourth-order valence-electron chi connectivity index (χ4n) is 2.07. The molecular formula is C15H25NO2S. The summed E-state index contributed by atoms with van der Waals surface area (Å²) in [6, 6.07) is 4.16. The standard InChI is InChI=1S/C15H25NO2S/c1-11-14(7-8-17-11)19-10-13-6-5-12(18-13)9-16-15(2,3)4/h5-6,11,14,16H,7-10H2,1-4H3. The van der Waals surface area contributed by atoms with Gasteiger partial charge in [0.25, 0.3) is 0 Å². The topological polar surface area (TPSA) is 34.4 Å². The second kappa shape index (κ2) is 6.33. The second-order valence-corrected chi connectivity index (χ2v) is 7.41. The molecular weight excluding hydrogens is 258 g/mol. The van der Waals surface area contributed by atoms with Gasteiger partial charge in [-0.1, -0.05) is 0 Å². The van der Waals surface area contributed by atoms with Gasteiger partial charge < -0.3 is 14.5 Å². The predicted molar refractivity (Wildman–Crippen MR) is 80.4 cm³/mol. The lowest BCUT2D eigenvalue weighted by Crippen LogP contribution is -2.34. The Kier molecular flexibility index (Phi) is 4.98. The maximum absolute atomic E-state index is 5.85. The minimum atomic E-state index is 0.123. The number of rotatable bonds is 5. The molecule has 1 N–H and O–H groups in total. The number of hydrogen-bond donors (Lipinski definition) is 1. The van der Waals surface area contributed by atoms with Crippen LogP contribution in [0.3, 0.4) is 0 Å². The summed E-state index contributed by atoms with van der Waals surface area (Å²) in [7, 11) is 0. The Bertz CT molecular complexity index is 397. The summed E-state index contributed by atoms with van der Waals surface area (Å²) < 4.78 is 11.4. The van der Waals surface area contributed by atoms with Crippen LogP contribution >= 0.6 is 11.8 Å².